The molecule has 1 aromatic heterocycles. The van der Waals surface area contributed by atoms with Crippen molar-refractivity contribution in [2.75, 3.05) is 20.6 Å². The molecule has 0 saturated heterocycles. The molecule has 1 aromatic rings. The molecular weight excluding hydrogens is 202 g/mol. The molecule has 0 bridgehead atoms. The smallest absolute Gasteiger partial charge is 0.140 e. The lowest BCUT2D eigenvalue weighted by atomic mass is 10.1. The van der Waals surface area contributed by atoms with Crippen molar-refractivity contribution >= 4 is 5.78 Å². The Labute approximate surface area is 97.2 Å². The first kappa shape index (κ1) is 12.9. The number of carbonyl (C=O) groups is 1. The van der Waals surface area contributed by atoms with E-state index in [0.29, 0.717) is 12.8 Å². The Kier molecular flexibility index (Phi) is 4.68. The highest BCUT2D eigenvalue weighted by Crippen LogP contribution is 2.06. The van der Waals surface area contributed by atoms with Crippen LogP contribution in [-0.2, 0) is 17.8 Å². The molecule has 0 unspecified atom stereocenters. The van der Waals surface area contributed by atoms with Gasteiger partial charge in [0.2, 0.25) is 0 Å². The highest BCUT2D eigenvalue weighted by Gasteiger charge is 2.09. The third kappa shape index (κ3) is 3.77. The number of nitrogens with zero attached hydrogens (tertiary/aromatic N) is 3. The van der Waals surface area contributed by atoms with Crippen LogP contribution in [0.1, 0.15) is 24.7 Å². The first-order chi connectivity index (χ1) is 7.52. The minimum atomic E-state index is 0.281. The zero-order chi connectivity index (χ0) is 12.1. The average molecular weight is 223 g/mol. The van der Waals surface area contributed by atoms with Crippen LogP contribution in [0.5, 0.6) is 0 Å². The van der Waals surface area contributed by atoms with Crippen LogP contribution in [-0.4, -0.2) is 41.1 Å². The Morgan fingerprint density at radius 3 is 2.75 bits per heavy atom. The van der Waals surface area contributed by atoms with Crippen LogP contribution in [0.15, 0.2) is 6.07 Å². The van der Waals surface area contributed by atoms with Gasteiger partial charge >= 0.3 is 0 Å². The number of rotatable bonds is 6. The summed E-state index contributed by atoms with van der Waals surface area (Å²) in [6.45, 7) is 5.64. The molecule has 0 radical (unpaired) electrons. The number of ketones is 1. The second-order valence-electron chi connectivity index (χ2n) is 4.36. The predicted octanol–water partition coefficient (Wildman–Crippen LogP) is 1.27. The van der Waals surface area contributed by atoms with Gasteiger partial charge in [-0.05, 0) is 34.0 Å². The lowest BCUT2D eigenvalue weighted by Gasteiger charge is -2.08. The number of Topliss-reactive ketones (excluding diaryl/α,β-unsaturated/α-hetero) is 1. The van der Waals surface area contributed by atoms with Crippen molar-refractivity contribution in [2.24, 2.45) is 0 Å². The van der Waals surface area contributed by atoms with Crippen LogP contribution < -0.4 is 0 Å². The van der Waals surface area contributed by atoms with E-state index in [0.717, 1.165) is 24.5 Å². The first-order valence-corrected chi connectivity index (χ1v) is 5.72. The third-order valence-electron chi connectivity index (χ3n) is 2.50. The van der Waals surface area contributed by atoms with E-state index in [9.17, 15) is 4.79 Å². The normalized spacial score (nSPS) is 11.1. The molecule has 0 spiro atoms. The Morgan fingerprint density at radius 1 is 1.50 bits per heavy atom. The topological polar surface area (TPSA) is 38.1 Å². The molecule has 0 amide bonds. The summed E-state index contributed by atoms with van der Waals surface area (Å²) in [6.07, 6.45) is 1.11. The first-order valence-electron chi connectivity index (χ1n) is 5.72. The summed E-state index contributed by atoms with van der Waals surface area (Å²) < 4.78 is 1.91. The molecular formula is C12H21N3O. The summed E-state index contributed by atoms with van der Waals surface area (Å²) in [4.78, 5) is 13.8. The van der Waals surface area contributed by atoms with Crippen molar-refractivity contribution in [3.63, 3.8) is 0 Å². The summed E-state index contributed by atoms with van der Waals surface area (Å²) >= 11 is 0. The Bertz CT molecular complexity index is 355. The molecule has 0 aliphatic heterocycles. The Balaban J connectivity index is 2.55. The maximum atomic E-state index is 11.7. The van der Waals surface area contributed by atoms with E-state index in [1.807, 2.05) is 43.6 Å². The summed E-state index contributed by atoms with van der Waals surface area (Å²) in [7, 11) is 3.96. The van der Waals surface area contributed by atoms with Gasteiger partial charge in [0.25, 0.3) is 0 Å². The molecule has 4 heteroatoms. The Morgan fingerprint density at radius 2 is 2.19 bits per heavy atom. The van der Waals surface area contributed by atoms with Gasteiger partial charge in [0.05, 0.1) is 5.69 Å². The third-order valence-corrected chi connectivity index (χ3v) is 2.50. The summed E-state index contributed by atoms with van der Waals surface area (Å²) in [5.74, 6) is 0.281. The molecule has 0 saturated carbocycles. The number of aromatic nitrogens is 2. The van der Waals surface area contributed by atoms with Gasteiger partial charge in [-0.25, -0.2) is 0 Å². The number of hydrogen-bond donors (Lipinski definition) is 0. The van der Waals surface area contributed by atoms with Crippen LogP contribution in [0.25, 0.3) is 0 Å². The van der Waals surface area contributed by atoms with E-state index in [1.54, 1.807) is 0 Å². The molecule has 90 valence electrons. The van der Waals surface area contributed by atoms with Gasteiger partial charge in [0.1, 0.15) is 5.78 Å². The van der Waals surface area contributed by atoms with Crippen molar-refractivity contribution in [1.82, 2.24) is 14.7 Å². The molecule has 0 aliphatic rings. The SMILES string of the molecule is CCn1nc(C)cc1CC(=O)CCN(C)C. The van der Waals surface area contributed by atoms with Gasteiger partial charge in [-0.1, -0.05) is 0 Å². The van der Waals surface area contributed by atoms with Crippen molar-refractivity contribution in [2.45, 2.75) is 33.2 Å². The van der Waals surface area contributed by atoms with Crippen LogP contribution in [0.3, 0.4) is 0 Å². The van der Waals surface area contributed by atoms with Gasteiger partial charge in [0.15, 0.2) is 0 Å². The van der Waals surface area contributed by atoms with Crippen molar-refractivity contribution in [3.8, 4) is 0 Å². The fourth-order valence-corrected chi connectivity index (χ4v) is 1.65. The highest BCUT2D eigenvalue weighted by molar-refractivity contribution is 5.80. The quantitative estimate of drug-likeness (QED) is 0.729. The van der Waals surface area contributed by atoms with Gasteiger partial charge in [-0.3, -0.25) is 9.48 Å². The molecule has 1 rings (SSSR count). The minimum Gasteiger partial charge on any atom is -0.309 e. The molecule has 4 nitrogen and oxygen atoms in total. The fourth-order valence-electron chi connectivity index (χ4n) is 1.65. The predicted molar refractivity (Wildman–Crippen MR) is 64.5 cm³/mol. The van der Waals surface area contributed by atoms with Gasteiger partial charge in [0, 0.05) is 31.6 Å². The van der Waals surface area contributed by atoms with Gasteiger partial charge < -0.3 is 4.90 Å². The van der Waals surface area contributed by atoms with E-state index in [1.165, 1.54) is 0 Å². The van der Waals surface area contributed by atoms with E-state index < -0.39 is 0 Å². The van der Waals surface area contributed by atoms with Crippen LogP contribution in [0.2, 0.25) is 0 Å². The standard InChI is InChI=1S/C12H21N3O/c1-5-15-11(8-10(2)13-15)9-12(16)6-7-14(3)4/h8H,5-7,9H2,1-4H3. The second-order valence-corrected chi connectivity index (χ2v) is 4.36. The molecule has 0 aliphatic carbocycles. The monoisotopic (exact) mass is 223 g/mol. The van der Waals surface area contributed by atoms with Crippen molar-refractivity contribution in [1.29, 1.82) is 0 Å². The lowest BCUT2D eigenvalue weighted by Crippen LogP contribution is -2.18. The van der Waals surface area contributed by atoms with E-state index in [-0.39, 0.29) is 5.78 Å². The van der Waals surface area contributed by atoms with Crippen LogP contribution >= 0.6 is 0 Å². The molecule has 0 N–H and O–H groups in total. The van der Waals surface area contributed by atoms with E-state index in [4.69, 9.17) is 0 Å². The molecule has 0 aromatic carbocycles. The molecule has 1 heterocycles. The van der Waals surface area contributed by atoms with E-state index >= 15 is 0 Å². The van der Waals surface area contributed by atoms with Crippen molar-refractivity contribution < 1.29 is 4.79 Å². The summed E-state index contributed by atoms with van der Waals surface area (Å²) in [5.41, 5.74) is 2.01. The maximum Gasteiger partial charge on any atom is 0.140 e. The molecule has 0 atom stereocenters. The fraction of sp³-hybridized carbons (Fsp3) is 0.667. The number of aryl methyl sites for hydroxylation is 2. The lowest BCUT2D eigenvalue weighted by molar-refractivity contribution is -0.118. The zero-order valence-corrected chi connectivity index (χ0v) is 10.7. The van der Waals surface area contributed by atoms with Crippen molar-refractivity contribution in [3.05, 3.63) is 17.5 Å². The average Bonchev–Trinajstić information content (AvgIpc) is 2.55. The highest BCUT2D eigenvalue weighted by atomic mass is 16.1. The number of carbonyl (C=O) groups excluding carboxylic acids is 1. The largest absolute Gasteiger partial charge is 0.309 e. The van der Waals surface area contributed by atoms with E-state index in [2.05, 4.69) is 5.10 Å². The Hall–Kier alpha value is -1.16. The summed E-state index contributed by atoms with van der Waals surface area (Å²) in [5, 5.41) is 4.33. The van der Waals surface area contributed by atoms with Gasteiger partial charge in [-0.15, -0.1) is 0 Å². The molecule has 0 fully saturated rings. The zero-order valence-electron chi connectivity index (χ0n) is 10.7. The number of hydrogen-bond acceptors (Lipinski definition) is 3. The minimum absolute atomic E-state index is 0.281. The van der Waals surface area contributed by atoms with Gasteiger partial charge in [-0.2, -0.15) is 5.10 Å². The van der Waals surface area contributed by atoms with Crippen LogP contribution in [0.4, 0.5) is 0 Å². The maximum absolute atomic E-state index is 11.7. The van der Waals surface area contributed by atoms with Crippen LogP contribution in [0, 0.1) is 6.92 Å². The second kappa shape index (κ2) is 5.80. The summed E-state index contributed by atoms with van der Waals surface area (Å²) in [6, 6.07) is 2.00. The molecule has 16 heavy (non-hydrogen) atoms.